The molecule has 29 heavy (non-hydrogen) atoms. The minimum atomic E-state index is -0.350. The van der Waals surface area contributed by atoms with Gasteiger partial charge in [0.1, 0.15) is 11.6 Å². The van der Waals surface area contributed by atoms with Gasteiger partial charge in [-0.3, -0.25) is 0 Å². The third-order valence-electron chi connectivity index (χ3n) is 6.61. The van der Waals surface area contributed by atoms with Crippen molar-refractivity contribution in [2.24, 2.45) is 5.92 Å². The number of rotatable bonds is 6. The van der Waals surface area contributed by atoms with Crippen molar-refractivity contribution < 1.29 is 8.78 Å². The second-order valence-electron chi connectivity index (χ2n) is 8.66. The molecule has 3 aromatic carbocycles. The third kappa shape index (κ3) is 4.69. The Bertz CT molecular complexity index is 944. The molecule has 0 heterocycles. The van der Waals surface area contributed by atoms with Crippen molar-refractivity contribution in [2.45, 2.75) is 64.2 Å². The molecule has 0 spiro atoms. The third-order valence-corrected chi connectivity index (χ3v) is 6.61. The monoisotopic (exact) mass is 392 g/mol. The van der Waals surface area contributed by atoms with Crippen molar-refractivity contribution in [1.29, 1.82) is 0 Å². The Morgan fingerprint density at radius 3 is 2.10 bits per heavy atom. The minimum Gasteiger partial charge on any atom is -0.207 e. The van der Waals surface area contributed by atoms with Crippen molar-refractivity contribution in [2.75, 3.05) is 0 Å². The largest absolute Gasteiger partial charge is 0.207 e. The van der Waals surface area contributed by atoms with E-state index in [2.05, 4.69) is 37.3 Å². The molecule has 0 bridgehead atoms. The number of halogens is 2. The maximum Gasteiger partial charge on any atom is 0.129 e. The highest BCUT2D eigenvalue weighted by molar-refractivity contribution is 5.82. The molecule has 3 aromatic rings. The fourth-order valence-electron chi connectivity index (χ4n) is 5.00. The highest BCUT2D eigenvalue weighted by Crippen LogP contribution is 2.39. The number of hydrogen-bond acceptors (Lipinski definition) is 0. The Morgan fingerprint density at radius 2 is 1.41 bits per heavy atom. The van der Waals surface area contributed by atoms with E-state index in [0.29, 0.717) is 12.0 Å². The van der Waals surface area contributed by atoms with Gasteiger partial charge in [-0.2, -0.15) is 0 Å². The van der Waals surface area contributed by atoms with Crippen LogP contribution in [-0.4, -0.2) is 0 Å². The molecule has 1 saturated carbocycles. The van der Waals surface area contributed by atoms with Crippen molar-refractivity contribution in [1.82, 2.24) is 0 Å². The molecule has 0 saturated heterocycles. The van der Waals surface area contributed by atoms with E-state index in [1.165, 1.54) is 29.2 Å². The summed E-state index contributed by atoms with van der Waals surface area (Å²) in [6, 6.07) is 17.8. The van der Waals surface area contributed by atoms with Gasteiger partial charge in [-0.05, 0) is 84.4 Å². The highest BCUT2D eigenvalue weighted by atomic mass is 19.1. The zero-order valence-electron chi connectivity index (χ0n) is 17.3. The molecule has 0 aliphatic heterocycles. The van der Waals surface area contributed by atoms with Crippen LogP contribution in [0.15, 0.2) is 54.6 Å². The van der Waals surface area contributed by atoms with E-state index in [9.17, 15) is 8.78 Å². The molecule has 0 amide bonds. The molecule has 1 fully saturated rings. The number of aryl methyl sites for hydroxylation is 2. The maximum absolute atomic E-state index is 14.8. The van der Waals surface area contributed by atoms with Gasteiger partial charge in [0.15, 0.2) is 0 Å². The smallest absolute Gasteiger partial charge is 0.129 e. The fourth-order valence-corrected chi connectivity index (χ4v) is 5.00. The van der Waals surface area contributed by atoms with E-state index < -0.39 is 0 Å². The summed E-state index contributed by atoms with van der Waals surface area (Å²) in [5.41, 5.74) is 2.27. The topological polar surface area (TPSA) is 0 Å². The summed E-state index contributed by atoms with van der Waals surface area (Å²) in [4.78, 5) is 0. The molecule has 0 radical (unpaired) electrons. The first kappa shape index (κ1) is 20.1. The zero-order valence-corrected chi connectivity index (χ0v) is 17.3. The van der Waals surface area contributed by atoms with Crippen LogP contribution in [0.4, 0.5) is 8.78 Å². The maximum atomic E-state index is 14.8. The molecule has 1 aliphatic carbocycles. The Hall–Kier alpha value is -2.22. The van der Waals surface area contributed by atoms with Gasteiger partial charge in [-0.25, -0.2) is 8.78 Å². The van der Waals surface area contributed by atoms with E-state index in [-0.39, 0.29) is 17.6 Å². The molecule has 0 unspecified atom stereocenters. The number of fused-ring (bicyclic) bond motifs is 1. The van der Waals surface area contributed by atoms with Crippen LogP contribution in [0.1, 0.15) is 68.1 Å². The summed E-state index contributed by atoms with van der Waals surface area (Å²) >= 11 is 0. The summed E-state index contributed by atoms with van der Waals surface area (Å²) < 4.78 is 29.7. The SMILES string of the molecule is CCCC1CCC(c2c(F)cc(CCc3ccc4ccccc4c3)cc2F)CC1. The van der Waals surface area contributed by atoms with Crippen molar-refractivity contribution in [3.63, 3.8) is 0 Å². The molecule has 2 heteroatoms. The lowest BCUT2D eigenvalue weighted by Crippen LogP contribution is -2.15. The predicted octanol–water partition coefficient (Wildman–Crippen LogP) is 7.98. The van der Waals surface area contributed by atoms with Gasteiger partial charge >= 0.3 is 0 Å². The first-order valence-electron chi connectivity index (χ1n) is 11.1. The van der Waals surface area contributed by atoms with Gasteiger partial charge in [0, 0.05) is 5.56 Å². The summed E-state index contributed by atoms with van der Waals surface area (Å²) in [6.45, 7) is 2.21. The normalized spacial score (nSPS) is 19.6. The Labute approximate surface area is 173 Å². The lowest BCUT2D eigenvalue weighted by molar-refractivity contribution is 0.300. The average Bonchev–Trinajstić information content (AvgIpc) is 2.73. The van der Waals surface area contributed by atoms with Crippen molar-refractivity contribution in [3.8, 4) is 0 Å². The van der Waals surface area contributed by atoms with Gasteiger partial charge in [-0.15, -0.1) is 0 Å². The predicted molar refractivity (Wildman–Crippen MR) is 117 cm³/mol. The molecular formula is C27H30F2. The first-order valence-corrected chi connectivity index (χ1v) is 11.1. The quantitative estimate of drug-likeness (QED) is 0.399. The number of hydrogen-bond donors (Lipinski definition) is 0. The van der Waals surface area contributed by atoms with Crippen LogP contribution < -0.4 is 0 Å². The molecule has 0 nitrogen and oxygen atoms in total. The van der Waals surface area contributed by atoms with Crippen LogP contribution in [0.5, 0.6) is 0 Å². The Balaban J connectivity index is 1.44. The van der Waals surface area contributed by atoms with Crippen LogP contribution in [-0.2, 0) is 12.8 Å². The van der Waals surface area contributed by atoms with Crippen LogP contribution in [0.2, 0.25) is 0 Å². The summed E-state index contributed by atoms with van der Waals surface area (Å²) in [6.07, 6.45) is 7.89. The summed E-state index contributed by atoms with van der Waals surface area (Å²) in [7, 11) is 0. The lowest BCUT2D eigenvalue weighted by Gasteiger charge is -2.29. The standard InChI is InChI=1S/C27H30F2/c1-2-5-19-10-14-23(15-11-19)27-25(28)17-21(18-26(27)29)9-8-20-12-13-22-6-3-4-7-24(22)16-20/h3-4,6-7,12-13,16-19,23H,2,5,8-11,14-15H2,1H3. The van der Waals surface area contributed by atoms with Crippen LogP contribution >= 0.6 is 0 Å². The molecule has 1 aliphatic rings. The molecule has 4 rings (SSSR count). The van der Waals surface area contributed by atoms with Gasteiger partial charge in [0.2, 0.25) is 0 Å². The average molecular weight is 393 g/mol. The van der Waals surface area contributed by atoms with Crippen molar-refractivity contribution >= 4 is 10.8 Å². The molecular weight excluding hydrogens is 362 g/mol. The van der Waals surface area contributed by atoms with Gasteiger partial charge in [0.25, 0.3) is 0 Å². The van der Waals surface area contributed by atoms with Crippen LogP contribution in [0.25, 0.3) is 10.8 Å². The van der Waals surface area contributed by atoms with E-state index in [0.717, 1.165) is 43.6 Å². The first-order chi connectivity index (χ1) is 14.1. The van der Waals surface area contributed by atoms with E-state index in [1.807, 2.05) is 12.1 Å². The molecule has 0 N–H and O–H groups in total. The second-order valence-corrected chi connectivity index (χ2v) is 8.66. The van der Waals surface area contributed by atoms with Gasteiger partial charge in [-0.1, -0.05) is 62.2 Å². The summed E-state index contributed by atoms with van der Waals surface area (Å²) in [5.74, 6) is 0.0798. The van der Waals surface area contributed by atoms with E-state index >= 15 is 0 Å². The zero-order chi connectivity index (χ0) is 20.2. The molecule has 0 atom stereocenters. The second kappa shape index (κ2) is 9.07. The fraction of sp³-hybridized carbons (Fsp3) is 0.407. The molecule has 152 valence electrons. The molecule has 0 aromatic heterocycles. The Kier molecular flexibility index (Phi) is 6.28. The highest BCUT2D eigenvalue weighted by Gasteiger charge is 2.26. The van der Waals surface area contributed by atoms with Gasteiger partial charge < -0.3 is 0 Å². The number of benzene rings is 3. The Morgan fingerprint density at radius 1 is 0.759 bits per heavy atom. The van der Waals surface area contributed by atoms with Gasteiger partial charge in [0.05, 0.1) is 0 Å². The minimum absolute atomic E-state index is 0.0395. The van der Waals surface area contributed by atoms with Crippen molar-refractivity contribution in [3.05, 3.63) is 82.9 Å². The van der Waals surface area contributed by atoms with E-state index in [1.54, 1.807) is 12.1 Å². The van der Waals surface area contributed by atoms with Crippen LogP contribution in [0, 0.1) is 17.6 Å². The van der Waals surface area contributed by atoms with E-state index in [4.69, 9.17) is 0 Å². The van der Waals surface area contributed by atoms with Crippen LogP contribution in [0.3, 0.4) is 0 Å². The summed E-state index contributed by atoms with van der Waals surface area (Å²) in [5, 5.41) is 2.42. The lowest BCUT2D eigenvalue weighted by atomic mass is 9.77.